The van der Waals surface area contributed by atoms with E-state index in [2.05, 4.69) is 0 Å². The van der Waals surface area contributed by atoms with Crippen molar-refractivity contribution in [2.45, 2.75) is 12.7 Å². The fourth-order valence-corrected chi connectivity index (χ4v) is 1.43. The second kappa shape index (κ2) is 4.43. The van der Waals surface area contributed by atoms with Gasteiger partial charge in [-0.1, -0.05) is 6.07 Å². The van der Waals surface area contributed by atoms with E-state index in [1.165, 1.54) is 6.07 Å². The zero-order valence-electron chi connectivity index (χ0n) is 8.38. The number of hydrogen-bond donors (Lipinski definition) is 2. The third-order valence-corrected chi connectivity index (χ3v) is 2.14. The van der Waals surface area contributed by atoms with Crippen LogP contribution >= 0.6 is 0 Å². The van der Waals surface area contributed by atoms with E-state index in [4.69, 9.17) is 16.1 Å². The molecule has 0 fully saturated rings. The minimum atomic E-state index is -4.81. The van der Waals surface area contributed by atoms with Gasteiger partial charge in [0.25, 0.3) is 0 Å². The molecule has 0 saturated heterocycles. The zero-order valence-corrected chi connectivity index (χ0v) is 8.38. The Labute approximate surface area is 94.1 Å². The lowest BCUT2D eigenvalue weighted by Gasteiger charge is -2.14. The molecule has 1 aromatic carbocycles. The Morgan fingerprint density at radius 2 is 2.06 bits per heavy atom. The van der Waals surface area contributed by atoms with Crippen LogP contribution in [0.2, 0.25) is 0 Å². The molecule has 0 aromatic heterocycles. The topological polar surface area (TPSA) is 87.1 Å². The quantitative estimate of drug-likeness (QED) is 0.829. The summed E-state index contributed by atoms with van der Waals surface area (Å²) in [6.07, 6.45) is -4.81. The van der Waals surface area contributed by atoms with E-state index in [-0.39, 0.29) is 5.56 Å². The van der Waals surface area contributed by atoms with Gasteiger partial charge in [0.05, 0.1) is 16.7 Å². The lowest BCUT2D eigenvalue weighted by molar-refractivity contribution is -0.138. The van der Waals surface area contributed by atoms with Crippen LogP contribution in [0.25, 0.3) is 0 Å². The molecule has 0 aliphatic carbocycles. The molecular formula is C10H7F3N2O2. The lowest BCUT2D eigenvalue weighted by Crippen LogP contribution is -2.17. The maximum atomic E-state index is 12.7. The summed E-state index contributed by atoms with van der Waals surface area (Å²) in [5.74, 6) is -1.59. The zero-order chi connectivity index (χ0) is 13.2. The van der Waals surface area contributed by atoms with E-state index in [9.17, 15) is 18.0 Å². The average Bonchev–Trinajstić information content (AvgIpc) is 2.25. The molecule has 0 heterocycles. The first-order valence-corrected chi connectivity index (χ1v) is 4.39. The van der Waals surface area contributed by atoms with Crippen molar-refractivity contribution in [3.8, 4) is 6.07 Å². The van der Waals surface area contributed by atoms with Gasteiger partial charge in [-0.2, -0.15) is 18.4 Å². The highest BCUT2D eigenvalue weighted by Gasteiger charge is 2.37. The van der Waals surface area contributed by atoms with Crippen LogP contribution in [0, 0.1) is 11.3 Å². The Hall–Kier alpha value is -2.07. The van der Waals surface area contributed by atoms with E-state index in [1.54, 1.807) is 0 Å². The normalized spacial score (nSPS) is 11.0. The standard InChI is InChI=1S/C10H7F3N2O2/c11-10(12,13)8-5(3-14)1-2-6(9(16)17)7(8)4-15/h1-2H,3,14H2,(H,16,17). The van der Waals surface area contributed by atoms with Gasteiger partial charge in [0, 0.05) is 6.54 Å². The van der Waals surface area contributed by atoms with E-state index >= 15 is 0 Å². The predicted molar refractivity (Wildman–Crippen MR) is 51.0 cm³/mol. The summed E-state index contributed by atoms with van der Waals surface area (Å²) in [6, 6.07) is 3.18. The molecule has 0 amide bonds. The summed E-state index contributed by atoms with van der Waals surface area (Å²) >= 11 is 0. The molecular weight excluding hydrogens is 237 g/mol. The monoisotopic (exact) mass is 244 g/mol. The van der Waals surface area contributed by atoms with E-state index < -0.39 is 35.4 Å². The molecule has 17 heavy (non-hydrogen) atoms. The number of carbonyl (C=O) groups is 1. The fourth-order valence-electron chi connectivity index (χ4n) is 1.43. The SMILES string of the molecule is N#Cc1c(C(=O)O)ccc(CN)c1C(F)(F)F. The molecule has 0 unspecified atom stereocenters. The van der Waals surface area contributed by atoms with Crippen LogP contribution in [-0.2, 0) is 12.7 Å². The van der Waals surface area contributed by atoms with Crippen molar-refractivity contribution in [3.63, 3.8) is 0 Å². The maximum Gasteiger partial charge on any atom is 0.418 e. The highest BCUT2D eigenvalue weighted by Crippen LogP contribution is 2.35. The molecule has 1 aromatic rings. The van der Waals surface area contributed by atoms with Crippen molar-refractivity contribution < 1.29 is 23.1 Å². The number of nitrogens with two attached hydrogens (primary N) is 1. The van der Waals surface area contributed by atoms with Gasteiger partial charge in [-0.3, -0.25) is 0 Å². The highest BCUT2D eigenvalue weighted by atomic mass is 19.4. The van der Waals surface area contributed by atoms with Crippen molar-refractivity contribution in [2.75, 3.05) is 0 Å². The third-order valence-electron chi connectivity index (χ3n) is 2.14. The molecule has 90 valence electrons. The van der Waals surface area contributed by atoms with E-state index in [0.29, 0.717) is 0 Å². The molecule has 0 spiro atoms. The van der Waals surface area contributed by atoms with Gasteiger partial charge < -0.3 is 10.8 Å². The Morgan fingerprint density at radius 3 is 2.41 bits per heavy atom. The van der Waals surface area contributed by atoms with Crippen LogP contribution < -0.4 is 5.73 Å². The molecule has 3 N–H and O–H groups in total. The van der Waals surface area contributed by atoms with Crippen molar-refractivity contribution in [2.24, 2.45) is 5.73 Å². The molecule has 0 atom stereocenters. The molecule has 0 saturated carbocycles. The second-order valence-corrected chi connectivity index (χ2v) is 3.14. The maximum absolute atomic E-state index is 12.7. The largest absolute Gasteiger partial charge is 0.478 e. The number of aromatic carboxylic acids is 1. The minimum Gasteiger partial charge on any atom is -0.478 e. The number of nitrogens with zero attached hydrogens (tertiary/aromatic N) is 1. The number of alkyl halides is 3. The van der Waals surface area contributed by atoms with Gasteiger partial charge >= 0.3 is 12.1 Å². The smallest absolute Gasteiger partial charge is 0.418 e. The van der Waals surface area contributed by atoms with Crippen LogP contribution in [0.4, 0.5) is 13.2 Å². The number of carboxylic acid groups (broad SMARTS) is 1. The molecule has 7 heteroatoms. The van der Waals surface area contributed by atoms with E-state index in [0.717, 1.165) is 12.1 Å². The highest BCUT2D eigenvalue weighted by molar-refractivity contribution is 5.91. The van der Waals surface area contributed by atoms with Gasteiger partial charge in [-0.15, -0.1) is 0 Å². The molecule has 4 nitrogen and oxygen atoms in total. The summed E-state index contributed by atoms with van der Waals surface area (Å²) in [7, 11) is 0. The number of rotatable bonds is 2. The van der Waals surface area contributed by atoms with Crippen LogP contribution in [0.5, 0.6) is 0 Å². The van der Waals surface area contributed by atoms with Crippen LogP contribution in [-0.4, -0.2) is 11.1 Å². The number of hydrogen-bond acceptors (Lipinski definition) is 3. The Morgan fingerprint density at radius 1 is 1.47 bits per heavy atom. The van der Waals surface area contributed by atoms with E-state index in [1.807, 2.05) is 0 Å². The first-order chi connectivity index (χ1) is 7.82. The summed E-state index contributed by atoms with van der Waals surface area (Å²) in [5.41, 5.74) is 1.97. The van der Waals surface area contributed by atoms with Crippen molar-refractivity contribution >= 4 is 5.97 Å². The molecule has 0 aliphatic heterocycles. The first-order valence-electron chi connectivity index (χ1n) is 4.39. The Kier molecular flexibility index (Phi) is 3.39. The fraction of sp³-hybridized carbons (Fsp3) is 0.200. The molecule has 0 radical (unpaired) electrons. The number of nitriles is 1. The number of carboxylic acids is 1. The van der Waals surface area contributed by atoms with Crippen LogP contribution in [0.15, 0.2) is 12.1 Å². The Balaban J connectivity index is 3.69. The van der Waals surface area contributed by atoms with Gasteiger partial charge in [-0.05, 0) is 11.6 Å². The van der Waals surface area contributed by atoms with Crippen molar-refractivity contribution in [1.29, 1.82) is 5.26 Å². The summed E-state index contributed by atoms with van der Waals surface area (Å²) in [6.45, 7) is -0.427. The van der Waals surface area contributed by atoms with Gasteiger partial charge in [-0.25, -0.2) is 4.79 Å². The third kappa shape index (κ3) is 2.37. The van der Waals surface area contributed by atoms with Crippen LogP contribution in [0.3, 0.4) is 0 Å². The van der Waals surface area contributed by atoms with Gasteiger partial charge in [0.15, 0.2) is 0 Å². The molecule has 1 rings (SSSR count). The van der Waals surface area contributed by atoms with Crippen molar-refractivity contribution in [1.82, 2.24) is 0 Å². The predicted octanol–water partition coefficient (Wildman–Crippen LogP) is 1.73. The Bertz CT molecular complexity index is 503. The lowest BCUT2D eigenvalue weighted by atomic mass is 9.96. The first kappa shape index (κ1) is 13.0. The number of benzene rings is 1. The number of halogens is 3. The molecule has 0 aliphatic rings. The molecule has 0 bridgehead atoms. The minimum absolute atomic E-state index is 0.306. The van der Waals surface area contributed by atoms with Gasteiger partial charge in [0.2, 0.25) is 0 Å². The van der Waals surface area contributed by atoms with Crippen molar-refractivity contribution in [3.05, 3.63) is 34.4 Å². The van der Waals surface area contributed by atoms with Gasteiger partial charge in [0.1, 0.15) is 6.07 Å². The average molecular weight is 244 g/mol. The second-order valence-electron chi connectivity index (χ2n) is 3.14. The van der Waals surface area contributed by atoms with Crippen LogP contribution in [0.1, 0.15) is 27.0 Å². The summed E-state index contributed by atoms with van der Waals surface area (Å²) in [5, 5.41) is 17.4. The summed E-state index contributed by atoms with van der Waals surface area (Å²) in [4.78, 5) is 10.7. The summed E-state index contributed by atoms with van der Waals surface area (Å²) < 4.78 is 38.2.